The predicted octanol–water partition coefficient (Wildman–Crippen LogP) is 4.82. The SMILES string of the molecule is CN(C)CCN(Cc1ccccc1)c1ccc([N+](=O)[O-])cc1C(F)(F)F.O=C(O)C(F)(F)F. The lowest BCUT2D eigenvalue weighted by Crippen LogP contribution is -2.32. The number of non-ortho nitro benzene ring substituents is 1. The molecule has 0 aromatic heterocycles. The number of hydrogen-bond acceptors (Lipinski definition) is 5. The molecule has 0 spiro atoms. The van der Waals surface area contributed by atoms with Crippen LogP contribution in [-0.4, -0.2) is 54.3 Å². The largest absolute Gasteiger partial charge is 0.490 e. The Hall–Kier alpha value is -3.35. The minimum Gasteiger partial charge on any atom is -0.475 e. The molecule has 33 heavy (non-hydrogen) atoms. The number of nitrogens with zero attached hydrogens (tertiary/aromatic N) is 3. The van der Waals surface area contributed by atoms with E-state index in [0.717, 1.165) is 11.6 Å². The van der Waals surface area contributed by atoms with E-state index in [2.05, 4.69) is 0 Å². The summed E-state index contributed by atoms with van der Waals surface area (Å²) in [4.78, 5) is 22.4. The number of carboxylic acid groups (broad SMARTS) is 1. The van der Waals surface area contributed by atoms with Crippen molar-refractivity contribution in [3.8, 4) is 0 Å². The Balaban J connectivity index is 0.000000675. The van der Waals surface area contributed by atoms with Crippen molar-refractivity contribution >= 4 is 17.3 Å². The molecule has 0 aliphatic rings. The van der Waals surface area contributed by atoms with Crippen LogP contribution < -0.4 is 4.90 Å². The number of carboxylic acids is 1. The molecule has 0 aliphatic carbocycles. The number of nitro groups is 1. The number of benzene rings is 2. The van der Waals surface area contributed by atoms with Gasteiger partial charge in [-0.25, -0.2) is 4.79 Å². The summed E-state index contributed by atoms with van der Waals surface area (Å²) in [5.41, 5.74) is -0.777. The van der Waals surface area contributed by atoms with Gasteiger partial charge < -0.3 is 14.9 Å². The van der Waals surface area contributed by atoms with Crippen molar-refractivity contribution in [3.05, 3.63) is 69.8 Å². The number of likely N-dealkylation sites (N-methyl/N-ethyl adjacent to an activating group) is 1. The first-order valence-electron chi connectivity index (χ1n) is 9.22. The molecule has 2 aromatic rings. The number of aliphatic carboxylic acids is 1. The highest BCUT2D eigenvalue weighted by Crippen LogP contribution is 2.39. The number of nitro benzene ring substituents is 1. The molecule has 0 amide bonds. The molecule has 2 aromatic carbocycles. The molecular weight excluding hydrogens is 460 g/mol. The van der Waals surface area contributed by atoms with E-state index in [1.807, 2.05) is 49.3 Å². The summed E-state index contributed by atoms with van der Waals surface area (Å²) in [5, 5.41) is 18.0. The summed E-state index contributed by atoms with van der Waals surface area (Å²) in [7, 11) is 3.67. The zero-order valence-electron chi connectivity index (χ0n) is 17.5. The molecule has 0 atom stereocenters. The second-order valence-electron chi connectivity index (χ2n) is 6.97. The van der Waals surface area contributed by atoms with Crippen LogP contribution in [0, 0.1) is 10.1 Å². The first-order chi connectivity index (χ1) is 15.1. The van der Waals surface area contributed by atoms with E-state index in [9.17, 15) is 36.5 Å². The van der Waals surface area contributed by atoms with Gasteiger partial charge in [0, 0.05) is 37.5 Å². The number of alkyl halides is 6. The maximum atomic E-state index is 13.5. The summed E-state index contributed by atoms with van der Waals surface area (Å²) in [6, 6.07) is 12.0. The van der Waals surface area contributed by atoms with Crippen LogP contribution in [0.1, 0.15) is 11.1 Å². The van der Waals surface area contributed by atoms with Gasteiger partial charge in [0.1, 0.15) is 0 Å². The van der Waals surface area contributed by atoms with Gasteiger partial charge >= 0.3 is 18.3 Å². The summed E-state index contributed by atoms with van der Waals surface area (Å²) >= 11 is 0. The molecule has 0 fully saturated rings. The van der Waals surface area contributed by atoms with Crippen LogP contribution in [0.25, 0.3) is 0 Å². The Kier molecular flexibility index (Phi) is 9.64. The quantitative estimate of drug-likeness (QED) is 0.347. The minimum atomic E-state index is -5.08. The third-order valence-electron chi connectivity index (χ3n) is 4.11. The molecule has 0 saturated carbocycles. The van der Waals surface area contributed by atoms with Gasteiger partial charge in [0.15, 0.2) is 0 Å². The second-order valence-corrected chi connectivity index (χ2v) is 6.97. The molecule has 2 rings (SSSR count). The summed E-state index contributed by atoms with van der Waals surface area (Å²) in [5.74, 6) is -2.76. The van der Waals surface area contributed by atoms with Gasteiger partial charge in [-0.05, 0) is 25.7 Å². The van der Waals surface area contributed by atoms with Crippen molar-refractivity contribution in [1.82, 2.24) is 4.90 Å². The van der Waals surface area contributed by atoms with E-state index in [1.54, 1.807) is 4.90 Å². The molecule has 0 heterocycles. The second kappa shape index (κ2) is 11.5. The van der Waals surface area contributed by atoms with Gasteiger partial charge in [0.05, 0.1) is 10.5 Å². The summed E-state index contributed by atoms with van der Waals surface area (Å²) in [6.45, 7) is 1.17. The number of carbonyl (C=O) groups is 1. The van der Waals surface area contributed by atoms with Crippen LogP contribution in [0.5, 0.6) is 0 Å². The van der Waals surface area contributed by atoms with Crippen molar-refractivity contribution in [2.24, 2.45) is 0 Å². The lowest BCUT2D eigenvalue weighted by molar-refractivity contribution is -0.385. The Morgan fingerprint density at radius 2 is 1.55 bits per heavy atom. The average Bonchev–Trinajstić information content (AvgIpc) is 2.70. The fourth-order valence-corrected chi connectivity index (χ4v) is 2.55. The Bertz CT molecular complexity index is 934. The molecule has 0 unspecified atom stereocenters. The number of anilines is 1. The van der Waals surface area contributed by atoms with Crippen molar-refractivity contribution in [2.75, 3.05) is 32.1 Å². The highest BCUT2D eigenvalue weighted by atomic mass is 19.4. The smallest absolute Gasteiger partial charge is 0.475 e. The topological polar surface area (TPSA) is 86.9 Å². The first-order valence-corrected chi connectivity index (χ1v) is 9.22. The average molecular weight is 481 g/mol. The van der Waals surface area contributed by atoms with E-state index in [-0.39, 0.29) is 12.2 Å². The van der Waals surface area contributed by atoms with Crippen LogP contribution in [0.3, 0.4) is 0 Å². The predicted molar refractivity (Wildman–Crippen MR) is 108 cm³/mol. The molecule has 7 nitrogen and oxygen atoms in total. The maximum Gasteiger partial charge on any atom is 0.490 e. The van der Waals surface area contributed by atoms with Gasteiger partial charge in [0.2, 0.25) is 0 Å². The standard InChI is InChI=1S/C18H20F3N3O2.C2HF3O2/c1-22(2)10-11-23(13-14-6-4-3-5-7-14)17-9-8-15(24(25)26)12-16(17)18(19,20)21;3-2(4,5)1(6)7/h3-9,12H,10-11,13H2,1-2H3;(H,6,7). The summed E-state index contributed by atoms with van der Waals surface area (Å²) in [6.07, 6.45) is -9.77. The van der Waals surface area contributed by atoms with Crippen molar-refractivity contribution in [2.45, 2.75) is 18.9 Å². The molecule has 0 bridgehead atoms. The highest BCUT2D eigenvalue weighted by molar-refractivity contribution is 5.73. The van der Waals surface area contributed by atoms with Crippen LogP contribution in [0.4, 0.5) is 37.7 Å². The molecule has 0 aliphatic heterocycles. The first kappa shape index (κ1) is 27.7. The van der Waals surface area contributed by atoms with Crippen LogP contribution in [0.15, 0.2) is 48.5 Å². The van der Waals surface area contributed by atoms with E-state index in [1.165, 1.54) is 6.07 Å². The van der Waals surface area contributed by atoms with E-state index >= 15 is 0 Å². The fourth-order valence-electron chi connectivity index (χ4n) is 2.55. The van der Waals surface area contributed by atoms with E-state index in [0.29, 0.717) is 19.2 Å². The highest BCUT2D eigenvalue weighted by Gasteiger charge is 2.38. The summed E-state index contributed by atoms with van der Waals surface area (Å²) < 4.78 is 72.3. The van der Waals surface area contributed by atoms with Crippen LogP contribution >= 0.6 is 0 Å². The zero-order valence-corrected chi connectivity index (χ0v) is 17.5. The number of rotatable bonds is 7. The molecule has 0 radical (unpaired) electrons. The monoisotopic (exact) mass is 481 g/mol. The molecular formula is C20H21F6N3O4. The third kappa shape index (κ3) is 9.35. The third-order valence-corrected chi connectivity index (χ3v) is 4.11. The maximum absolute atomic E-state index is 13.5. The lowest BCUT2D eigenvalue weighted by atomic mass is 10.1. The Morgan fingerprint density at radius 1 is 1.00 bits per heavy atom. The van der Waals surface area contributed by atoms with Gasteiger partial charge in [0.25, 0.3) is 5.69 Å². The van der Waals surface area contributed by atoms with E-state index in [4.69, 9.17) is 9.90 Å². The van der Waals surface area contributed by atoms with Gasteiger partial charge in [-0.3, -0.25) is 10.1 Å². The Morgan fingerprint density at radius 3 is 1.97 bits per heavy atom. The van der Waals surface area contributed by atoms with Crippen LogP contribution in [-0.2, 0) is 17.5 Å². The normalized spacial score (nSPS) is 11.5. The molecule has 13 heteroatoms. The van der Waals surface area contributed by atoms with Crippen LogP contribution in [0.2, 0.25) is 0 Å². The van der Waals surface area contributed by atoms with Crippen molar-refractivity contribution < 1.29 is 41.2 Å². The molecule has 182 valence electrons. The number of hydrogen-bond donors (Lipinski definition) is 1. The molecule has 1 N–H and O–H groups in total. The number of halogens is 6. The van der Waals surface area contributed by atoms with Crippen molar-refractivity contribution in [1.29, 1.82) is 0 Å². The van der Waals surface area contributed by atoms with Gasteiger partial charge in [-0.1, -0.05) is 30.3 Å². The van der Waals surface area contributed by atoms with Crippen molar-refractivity contribution in [3.63, 3.8) is 0 Å². The van der Waals surface area contributed by atoms with Gasteiger partial charge in [-0.15, -0.1) is 0 Å². The molecule has 0 saturated heterocycles. The Labute approximate surface area is 185 Å². The fraction of sp³-hybridized carbons (Fsp3) is 0.350. The van der Waals surface area contributed by atoms with Gasteiger partial charge in [-0.2, -0.15) is 26.3 Å². The minimum absolute atomic E-state index is 0.0613. The van der Waals surface area contributed by atoms with E-state index < -0.39 is 34.5 Å². The zero-order chi connectivity index (χ0) is 25.4. The lowest BCUT2D eigenvalue weighted by Gasteiger charge is -2.29.